The lowest BCUT2D eigenvalue weighted by atomic mass is 10.1. The quantitative estimate of drug-likeness (QED) is 0.584. The number of hydrogen-bond donors (Lipinski definition) is 2. The molecule has 0 radical (unpaired) electrons. The second kappa shape index (κ2) is 11.2. The van der Waals surface area contributed by atoms with Gasteiger partial charge in [-0.1, -0.05) is 6.07 Å². The molecule has 2 aliphatic rings. The second-order valence-electron chi connectivity index (χ2n) is 8.66. The molecule has 2 heterocycles. The minimum atomic E-state index is -0.348. The Morgan fingerprint density at radius 3 is 2.68 bits per heavy atom. The van der Waals surface area contributed by atoms with E-state index in [1.165, 1.54) is 19.1 Å². The van der Waals surface area contributed by atoms with Gasteiger partial charge < -0.3 is 20.3 Å². The molecule has 0 saturated carbocycles. The Morgan fingerprint density at radius 2 is 1.88 bits per heavy atom. The highest BCUT2D eigenvalue weighted by Gasteiger charge is 2.19. The number of nitrogens with one attached hydrogen (secondary N) is 2. The molecule has 180 valence electrons. The van der Waals surface area contributed by atoms with Gasteiger partial charge >= 0.3 is 0 Å². The number of benzene rings is 2. The van der Waals surface area contributed by atoms with E-state index in [1.807, 2.05) is 18.2 Å². The first-order valence-corrected chi connectivity index (χ1v) is 11.7. The standard InChI is InChI=1S/C26H31FN4O3/c1-19(32)29-23-5-4-6-24(17-23)31-13-11-30(12-14-31)10-3-2-9-28-26(33)21-15-20-16-22(27)7-8-25(20)34-18-21/h4-8,15-17H,2-3,9-14,18H2,1H3,(H,28,33)(H,29,32). The zero-order valence-electron chi connectivity index (χ0n) is 19.5. The van der Waals surface area contributed by atoms with Crippen molar-refractivity contribution in [2.75, 3.05) is 56.1 Å². The van der Waals surface area contributed by atoms with Crippen molar-refractivity contribution in [1.29, 1.82) is 0 Å². The summed E-state index contributed by atoms with van der Waals surface area (Å²) in [6, 6.07) is 12.3. The third kappa shape index (κ3) is 6.35. The van der Waals surface area contributed by atoms with Gasteiger partial charge in [-0.05, 0) is 61.9 Å². The Bertz CT molecular complexity index is 1060. The van der Waals surface area contributed by atoms with Crippen LogP contribution in [-0.2, 0) is 9.59 Å². The van der Waals surface area contributed by atoms with Crippen LogP contribution in [0.1, 0.15) is 25.3 Å². The summed E-state index contributed by atoms with van der Waals surface area (Å²) < 4.78 is 19.0. The number of ether oxygens (including phenoxy) is 1. The Morgan fingerprint density at radius 1 is 1.06 bits per heavy atom. The number of nitrogens with zero attached hydrogens (tertiary/aromatic N) is 2. The van der Waals surface area contributed by atoms with Crippen molar-refractivity contribution in [3.8, 4) is 5.75 Å². The topological polar surface area (TPSA) is 73.9 Å². The van der Waals surface area contributed by atoms with Crippen LogP contribution in [0.25, 0.3) is 6.08 Å². The van der Waals surface area contributed by atoms with E-state index < -0.39 is 0 Å². The van der Waals surface area contributed by atoms with Gasteiger partial charge in [0.05, 0.1) is 5.57 Å². The molecule has 0 unspecified atom stereocenters. The molecule has 1 fully saturated rings. The molecule has 0 aliphatic carbocycles. The number of amides is 2. The number of piperazine rings is 1. The van der Waals surface area contributed by atoms with E-state index in [-0.39, 0.29) is 24.2 Å². The number of hydrogen-bond acceptors (Lipinski definition) is 5. The molecule has 0 bridgehead atoms. The molecule has 2 aliphatic heterocycles. The van der Waals surface area contributed by atoms with Crippen molar-refractivity contribution in [1.82, 2.24) is 10.2 Å². The van der Waals surface area contributed by atoms with Gasteiger partial charge in [0.25, 0.3) is 5.91 Å². The van der Waals surface area contributed by atoms with E-state index in [1.54, 1.807) is 12.1 Å². The number of halogens is 1. The number of rotatable bonds is 8. The van der Waals surface area contributed by atoms with Crippen molar-refractivity contribution in [3.05, 3.63) is 59.4 Å². The molecule has 0 aromatic heterocycles. The molecule has 7 nitrogen and oxygen atoms in total. The van der Waals surface area contributed by atoms with Crippen LogP contribution >= 0.6 is 0 Å². The lowest BCUT2D eigenvalue weighted by Gasteiger charge is -2.36. The molecule has 2 aromatic rings. The van der Waals surface area contributed by atoms with E-state index in [9.17, 15) is 14.0 Å². The largest absolute Gasteiger partial charge is 0.488 e. The van der Waals surface area contributed by atoms with Crippen LogP contribution < -0.4 is 20.3 Å². The fraction of sp³-hybridized carbons (Fsp3) is 0.385. The van der Waals surface area contributed by atoms with Gasteiger partial charge in [-0.15, -0.1) is 0 Å². The van der Waals surface area contributed by atoms with Gasteiger partial charge in [-0.25, -0.2) is 4.39 Å². The van der Waals surface area contributed by atoms with Crippen molar-refractivity contribution in [3.63, 3.8) is 0 Å². The molecule has 0 atom stereocenters. The maximum absolute atomic E-state index is 13.4. The Kier molecular flexibility index (Phi) is 7.80. The highest BCUT2D eigenvalue weighted by molar-refractivity contribution is 5.99. The number of anilines is 2. The van der Waals surface area contributed by atoms with Crippen molar-refractivity contribution in [2.45, 2.75) is 19.8 Å². The highest BCUT2D eigenvalue weighted by atomic mass is 19.1. The summed E-state index contributed by atoms with van der Waals surface area (Å²) in [5, 5.41) is 5.78. The lowest BCUT2D eigenvalue weighted by Crippen LogP contribution is -2.46. The molecule has 4 rings (SSSR count). The van der Waals surface area contributed by atoms with Gasteiger partial charge in [-0.3, -0.25) is 14.5 Å². The highest BCUT2D eigenvalue weighted by Crippen LogP contribution is 2.27. The lowest BCUT2D eigenvalue weighted by molar-refractivity contribution is -0.118. The van der Waals surface area contributed by atoms with E-state index in [0.717, 1.165) is 56.9 Å². The Labute approximate surface area is 199 Å². The number of carbonyl (C=O) groups is 2. The summed E-state index contributed by atoms with van der Waals surface area (Å²) in [6.45, 7) is 7.15. The molecule has 2 aromatic carbocycles. The Balaban J connectivity index is 1.14. The number of fused-ring (bicyclic) bond motifs is 1. The molecule has 2 N–H and O–H groups in total. The van der Waals surface area contributed by atoms with Crippen LogP contribution in [-0.4, -0.2) is 62.6 Å². The number of carbonyl (C=O) groups excluding carboxylic acids is 2. The van der Waals surface area contributed by atoms with Gasteiger partial charge in [0, 0.05) is 56.6 Å². The van der Waals surface area contributed by atoms with Crippen LogP contribution in [0, 0.1) is 5.82 Å². The molecule has 1 saturated heterocycles. The number of unbranched alkanes of at least 4 members (excludes halogenated alkanes) is 1. The Hall–Kier alpha value is -3.39. The predicted octanol–water partition coefficient (Wildman–Crippen LogP) is 3.28. The average Bonchev–Trinajstić information content (AvgIpc) is 2.83. The molecule has 2 amide bonds. The molecular formula is C26H31FN4O3. The predicted molar refractivity (Wildman–Crippen MR) is 132 cm³/mol. The minimum Gasteiger partial charge on any atom is -0.488 e. The smallest absolute Gasteiger partial charge is 0.250 e. The summed E-state index contributed by atoms with van der Waals surface area (Å²) >= 11 is 0. The molecular weight excluding hydrogens is 435 g/mol. The van der Waals surface area contributed by atoms with Crippen molar-refractivity contribution in [2.24, 2.45) is 0 Å². The first-order valence-electron chi connectivity index (χ1n) is 11.7. The van der Waals surface area contributed by atoms with Crippen LogP contribution in [0.3, 0.4) is 0 Å². The van der Waals surface area contributed by atoms with Crippen LogP contribution in [0.5, 0.6) is 5.75 Å². The summed E-state index contributed by atoms with van der Waals surface area (Å²) in [5.41, 5.74) is 3.05. The maximum Gasteiger partial charge on any atom is 0.250 e. The third-order valence-corrected chi connectivity index (χ3v) is 6.07. The SMILES string of the molecule is CC(=O)Nc1cccc(N2CCN(CCCCNC(=O)C3=Cc4cc(F)ccc4OC3)CC2)c1. The van der Waals surface area contributed by atoms with Crippen molar-refractivity contribution < 1.29 is 18.7 Å². The molecule has 34 heavy (non-hydrogen) atoms. The van der Waals surface area contributed by atoms with Gasteiger partial charge in [0.2, 0.25) is 5.91 Å². The van der Waals surface area contributed by atoms with Gasteiger partial charge in [0.1, 0.15) is 18.2 Å². The monoisotopic (exact) mass is 466 g/mol. The fourth-order valence-corrected chi connectivity index (χ4v) is 4.27. The summed E-state index contributed by atoms with van der Waals surface area (Å²) in [6.07, 6.45) is 3.59. The van der Waals surface area contributed by atoms with E-state index in [2.05, 4.69) is 26.5 Å². The van der Waals surface area contributed by atoms with E-state index in [0.29, 0.717) is 23.4 Å². The van der Waals surface area contributed by atoms with Gasteiger partial charge in [0.15, 0.2) is 0 Å². The van der Waals surface area contributed by atoms with Crippen LogP contribution in [0.15, 0.2) is 48.0 Å². The van der Waals surface area contributed by atoms with Gasteiger partial charge in [-0.2, -0.15) is 0 Å². The van der Waals surface area contributed by atoms with Crippen LogP contribution in [0.2, 0.25) is 0 Å². The summed E-state index contributed by atoms with van der Waals surface area (Å²) in [5.74, 6) is 0.0192. The minimum absolute atomic E-state index is 0.0670. The normalized spacial score (nSPS) is 15.7. The maximum atomic E-state index is 13.4. The van der Waals surface area contributed by atoms with E-state index >= 15 is 0 Å². The van der Waals surface area contributed by atoms with E-state index in [4.69, 9.17) is 4.74 Å². The van der Waals surface area contributed by atoms with Crippen LogP contribution in [0.4, 0.5) is 15.8 Å². The second-order valence-corrected chi connectivity index (χ2v) is 8.66. The first kappa shape index (κ1) is 23.8. The molecule has 8 heteroatoms. The summed E-state index contributed by atoms with van der Waals surface area (Å²) in [7, 11) is 0. The summed E-state index contributed by atoms with van der Waals surface area (Å²) in [4.78, 5) is 28.5. The molecule has 0 spiro atoms. The average molecular weight is 467 g/mol. The zero-order chi connectivity index (χ0) is 23.9. The fourth-order valence-electron chi connectivity index (χ4n) is 4.27. The zero-order valence-corrected chi connectivity index (χ0v) is 19.5. The third-order valence-electron chi connectivity index (χ3n) is 6.07. The first-order chi connectivity index (χ1) is 16.5. The van der Waals surface area contributed by atoms with Crippen molar-refractivity contribution >= 4 is 29.3 Å².